The summed E-state index contributed by atoms with van der Waals surface area (Å²) in [5.74, 6) is -3.07. The van der Waals surface area contributed by atoms with Gasteiger partial charge in [-0.25, -0.2) is 4.39 Å². The van der Waals surface area contributed by atoms with Crippen LogP contribution in [0.1, 0.15) is 53.1 Å². The standard InChI is InChI=1S/C26H27F7N2O3/c1-14-8-19(27)4-5-20(14)22-12-35(23(37)13-36)7-6-21(22)24(38)34(3)15(2)16-9-17(25(28,29)30)11-18(10-16)26(31,32)33/h4-5,8-11,15,21-22,36H,6-7,12-13H2,1-3H3/t15-,21+,22-/m1/s1. The van der Waals surface area contributed by atoms with Crippen LogP contribution >= 0.6 is 0 Å². The van der Waals surface area contributed by atoms with E-state index in [-0.39, 0.29) is 31.1 Å². The maximum atomic E-state index is 13.8. The molecule has 208 valence electrons. The molecule has 1 saturated heterocycles. The van der Waals surface area contributed by atoms with Gasteiger partial charge in [0, 0.05) is 32.0 Å². The number of alkyl halides is 6. The van der Waals surface area contributed by atoms with Gasteiger partial charge < -0.3 is 14.9 Å². The van der Waals surface area contributed by atoms with Crippen LogP contribution in [0, 0.1) is 18.7 Å². The fourth-order valence-corrected chi connectivity index (χ4v) is 4.84. The van der Waals surface area contributed by atoms with Crippen LogP contribution in [-0.2, 0) is 21.9 Å². The molecule has 1 N–H and O–H groups in total. The zero-order valence-corrected chi connectivity index (χ0v) is 20.8. The Kier molecular flexibility index (Phi) is 8.45. The van der Waals surface area contributed by atoms with E-state index < -0.39 is 65.6 Å². The molecule has 2 aromatic carbocycles. The molecule has 1 aliphatic heterocycles. The Morgan fingerprint density at radius 2 is 1.63 bits per heavy atom. The monoisotopic (exact) mass is 548 g/mol. The summed E-state index contributed by atoms with van der Waals surface area (Å²) < 4.78 is 93.9. The van der Waals surface area contributed by atoms with Gasteiger partial charge in [-0.3, -0.25) is 9.59 Å². The summed E-state index contributed by atoms with van der Waals surface area (Å²) in [5, 5.41) is 9.28. The third-order valence-corrected chi connectivity index (χ3v) is 7.07. The molecule has 0 aliphatic carbocycles. The number of likely N-dealkylation sites (tertiary alicyclic amines) is 1. The van der Waals surface area contributed by atoms with Crippen molar-refractivity contribution in [1.82, 2.24) is 9.80 Å². The third kappa shape index (κ3) is 6.28. The van der Waals surface area contributed by atoms with E-state index in [2.05, 4.69) is 0 Å². The molecule has 0 saturated carbocycles. The fourth-order valence-electron chi connectivity index (χ4n) is 4.84. The number of nitrogens with zero attached hydrogens (tertiary/aromatic N) is 2. The number of halogens is 7. The van der Waals surface area contributed by atoms with Gasteiger partial charge in [0.2, 0.25) is 11.8 Å². The highest BCUT2D eigenvalue weighted by molar-refractivity contribution is 5.82. The summed E-state index contributed by atoms with van der Waals surface area (Å²) in [6, 6.07) is 4.00. The van der Waals surface area contributed by atoms with Gasteiger partial charge in [0.05, 0.1) is 17.2 Å². The Hall–Kier alpha value is -3.15. The van der Waals surface area contributed by atoms with Crippen molar-refractivity contribution in [3.8, 4) is 0 Å². The fraction of sp³-hybridized carbons (Fsp3) is 0.462. The van der Waals surface area contributed by atoms with E-state index >= 15 is 0 Å². The number of hydrogen-bond acceptors (Lipinski definition) is 3. The Balaban J connectivity index is 1.98. The van der Waals surface area contributed by atoms with Crippen LogP contribution in [0.4, 0.5) is 30.7 Å². The number of rotatable bonds is 5. The molecule has 3 atom stereocenters. The predicted octanol–water partition coefficient (Wildman–Crippen LogP) is 5.32. The van der Waals surface area contributed by atoms with Crippen molar-refractivity contribution in [2.75, 3.05) is 26.7 Å². The number of carbonyl (C=O) groups excluding carboxylic acids is 2. The van der Waals surface area contributed by atoms with Crippen molar-refractivity contribution in [2.45, 2.75) is 44.6 Å². The van der Waals surface area contributed by atoms with E-state index in [4.69, 9.17) is 0 Å². The number of piperidine rings is 1. The van der Waals surface area contributed by atoms with Crippen LogP contribution in [-0.4, -0.2) is 53.5 Å². The van der Waals surface area contributed by atoms with Crippen LogP contribution in [0.15, 0.2) is 36.4 Å². The lowest BCUT2D eigenvalue weighted by Crippen LogP contribution is -2.48. The second-order valence-corrected chi connectivity index (χ2v) is 9.46. The van der Waals surface area contributed by atoms with Gasteiger partial charge >= 0.3 is 12.4 Å². The minimum absolute atomic E-state index is 0.0201. The van der Waals surface area contributed by atoms with Crippen molar-refractivity contribution in [1.29, 1.82) is 0 Å². The average molecular weight is 548 g/mol. The summed E-state index contributed by atoms with van der Waals surface area (Å²) >= 11 is 0. The van der Waals surface area contributed by atoms with E-state index in [1.807, 2.05) is 0 Å². The van der Waals surface area contributed by atoms with Crippen molar-refractivity contribution in [2.24, 2.45) is 5.92 Å². The molecule has 12 heteroatoms. The van der Waals surface area contributed by atoms with Crippen molar-refractivity contribution < 1.29 is 45.4 Å². The van der Waals surface area contributed by atoms with E-state index in [1.54, 1.807) is 6.92 Å². The number of carbonyl (C=O) groups is 2. The molecular weight excluding hydrogens is 521 g/mol. The average Bonchev–Trinajstić information content (AvgIpc) is 2.85. The van der Waals surface area contributed by atoms with Crippen LogP contribution in [0.5, 0.6) is 0 Å². The Labute approximate surface area is 214 Å². The zero-order chi connectivity index (χ0) is 28.6. The highest BCUT2D eigenvalue weighted by Crippen LogP contribution is 2.40. The molecule has 1 heterocycles. The van der Waals surface area contributed by atoms with Crippen LogP contribution < -0.4 is 0 Å². The van der Waals surface area contributed by atoms with Crippen LogP contribution in [0.3, 0.4) is 0 Å². The second kappa shape index (κ2) is 10.9. The van der Waals surface area contributed by atoms with Gasteiger partial charge in [-0.2, -0.15) is 26.3 Å². The van der Waals surface area contributed by atoms with Gasteiger partial charge in [-0.05, 0) is 67.3 Å². The first kappa shape index (κ1) is 29.4. The maximum Gasteiger partial charge on any atom is 0.416 e. The third-order valence-electron chi connectivity index (χ3n) is 7.07. The van der Waals surface area contributed by atoms with E-state index in [0.29, 0.717) is 23.3 Å². The lowest BCUT2D eigenvalue weighted by molar-refractivity contribution is -0.144. The molecule has 0 radical (unpaired) electrons. The van der Waals surface area contributed by atoms with Crippen molar-refractivity contribution in [3.05, 3.63) is 70.0 Å². The van der Waals surface area contributed by atoms with E-state index in [0.717, 1.165) is 4.90 Å². The number of hydrogen-bond donors (Lipinski definition) is 1. The largest absolute Gasteiger partial charge is 0.416 e. The Morgan fingerprint density at radius 3 is 2.13 bits per heavy atom. The summed E-state index contributed by atoms with van der Waals surface area (Å²) in [6.45, 7) is 2.33. The Morgan fingerprint density at radius 1 is 1.05 bits per heavy atom. The topological polar surface area (TPSA) is 60.9 Å². The molecule has 1 fully saturated rings. The molecular formula is C26H27F7N2O3. The van der Waals surface area contributed by atoms with Gasteiger partial charge in [-0.15, -0.1) is 0 Å². The number of aliphatic hydroxyl groups excluding tert-OH is 1. The predicted molar refractivity (Wildman–Crippen MR) is 123 cm³/mol. The zero-order valence-electron chi connectivity index (χ0n) is 20.8. The first-order valence-electron chi connectivity index (χ1n) is 11.7. The van der Waals surface area contributed by atoms with E-state index in [1.165, 1.54) is 37.1 Å². The quantitative estimate of drug-likeness (QED) is 0.515. The van der Waals surface area contributed by atoms with Gasteiger partial charge in [0.1, 0.15) is 12.4 Å². The number of aryl methyl sites for hydroxylation is 1. The van der Waals surface area contributed by atoms with Crippen LogP contribution in [0.2, 0.25) is 0 Å². The van der Waals surface area contributed by atoms with E-state index in [9.17, 15) is 45.4 Å². The first-order valence-corrected chi connectivity index (χ1v) is 11.7. The normalized spacial score (nSPS) is 19.3. The molecule has 38 heavy (non-hydrogen) atoms. The molecule has 1 aliphatic rings. The van der Waals surface area contributed by atoms with Gasteiger partial charge in [0.15, 0.2) is 0 Å². The number of benzene rings is 2. The molecule has 0 spiro atoms. The second-order valence-electron chi connectivity index (χ2n) is 9.46. The lowest BCUT2D eigenvalue weighted by Gasteiger charge is -2.41. The van der Waals surface area contributed by atoms with Gasteiger partial charge in [0.25, 0.3) is 0 Å². The minimum atomic E-state index is -5.03. The van der Waals surface area contributed by atoms with Gasteiger partial charge in [-0.1, -0.05) is 6.07 Å². The molecule has 5 nitrogen and oxygen atoms in total. The van der Waals surface area contributed by atoms with Crippen LogP contribution in [0.25, 0.3) is 0 Å². The Bertz CT molecular complexity index is 1160. The highest BCUT2D eigenvalue weighted by atomic mass is 19.4. The SMILES string of the molecule is Cc1cc(F)ccc1[C@H]1CN(C(=O)CO)CC[C@@H]1C(=O)N(C)[C@H](C)c1cc(C(F)(F)F)cc(C(F)(F)F)c1. The minimum Gasteiger partial charge on any atom is -0.387 e. The molecule has 0 bridgehead atoms. The number of amides is 2. The maximum absolute atomic E-state index is 13.8. The van der Waals surface area contributed by atoms with Crippen molar-refractivity contribution in [3.63, 3.8) is 0 Å². The summed E-state index contributed by atoms with van der Waals surface area (Å²) in [5.41, 5.74) is -2.23. The summed E-state index contributed by atoms with van der Waals surface area (Å²) in [6.07, 6.45) is -9.94. The molecule has 2 amide bonds. The highest BCUT2D eigenvalue weighted by Gasteiger charge is 2.41. The summed E-state index contributed by atoms with van der Waals surface area (Å²) in [7, 11) is 1.29. The smallest absolute Gasteiger partial charge is 0.387 e. The molecule has 0 unspecified atom stereocenters. The molecule has 2 aromatic rings. The number of aliphatic hydroxyl groups is 1. The summed E-state index contributed by atoms with van der Waals surface area (Å²) in [4.78, 5) is 28.2. The molecule has 3 rings (SSSR count). The molecule has 0 aromatic heterocycles. The lowest BCUT2D eigenvalue weighted by atomic mass is 9.78. The first-order chi connectivity index (χ1) is 17.5. The van der Waals surface area contributed by atoms with Crippen molar-refractivity contribution >= 4 is 11.8 Å².